The minimum absolute atomic E-state index is 0.769. The van der Waals surface area contributed by atoms with Crippen LogP contribution in [0.1, 0.15) is 26.2 Å². The van der Waals surface area contributed by atoms with Crippen LogP contribution >= 0.6 is 0 Å². The predicted molar refractivity (Wildman–Crippen MR) is 55.8 cm³/mol. The fourth-order valence-electron chi connectivity index (χ4n) is 2.37. The molecule has 0 aromatic carbocycles. The van der Waals surface area contributed by atoms with Gasteiger partial charge in [0.05, 0.1) is 0 Å². The Labute approximate surface area is 81.0 Å². The summed E-state index contributed by atoms with van der Waals surface area (Å²) in [6.45, 7) is 7.18. The molecule has 2 nitrogen and oxygen atoms in total. The maximum atomic E-state index is 3.56. The van der Waals surface area contributed by atoms with E-state index in [1.807, 2.05) is 0 Å². The lowest BCUT2D eigenvalue weighted by Gasteiger charge is -2.28. The van der Waals surface area contributed by atoms with Gasteiger partial charge in [-0.05, 0) is 32.7 Å². The second kappa shape index (κ2) is 4.25. The fraction of sp³-hybridized carbons (Fsp3) is 0.818. The number of hydrogen-bond acceptors (Lipinski definition) is 2. The predicted octanol–water partition coefficient (Wildman–Crippen LogP) is 1.39. The molecule has 74 valence electrons. The molecule has 0 aromatic heterocycles. The molecule has 2 aliphatic heterocycles. The summed E-state index contributed by atoms with van der Waals surface area (Å²) in [6.07, 6.45) is 6.36. The summed E-state index contributed by atoms with van der Waals surface area (Å²) >= 11 is 0. The molecule has 0 aromatic rings. The average molecular weight is 180 g/mol. The van der Waals surface area contributed by atoms with E-state index in [2.05, 4.69) is 23.2 Å². The number of hydrogen-bond donors (Lipinski definition) is 1. The highest BCUT2D eigenvalue weighted by atomic mass is 15.2. The van der Waals surface area contributed by atoms with Crippen molar-refractivity contribution in [2.75, 3.05) is 26.2 Å². The molecule has 0 unspecified atom stereocenters. The van der Waals surface area contributed by atoms with Gasteiger partial charge >= 0.3 is 0 Å². The molecule has 1 atom stereocenters. The molecular weight excluding hydrogens is 160 g/mol. The molecule has 0 bridgehead atoms. The highest BCUT2D eigenvalue weighted by Crippen LogP contribution is 2.12. The quantitative estimate of drug-likeness (QED) is 0.646. The lowest BCUT2D eigenvalue weighted by molar-refractivity contribution is 0.263. The fourth-order valence-corrected chi connectivity index (χ4v) is 2.37. The highest BCUT2D eigenvalue weighted by Gasteiger charge is 2.18. The van der Waals surface area contributed by atoms with Crippen LogP contribution in [0.4, 0.5) is 0 Å². The SMILES string of the molecule is CC1=CCCN(C[C@H]2CCCN2)C1. The second-order valence-electron chi connectivity index (χ2n) is 4.37. The van der Waals surface area contributed by atoms with Crippen LogP contribution in [0.25, 0.3) is 0 Å². The van der Waals surface area contributed by atoms with Crippen LogP contribution in [0.2, 0.25) is 0 Å². The Kier molecular flexibility index (Phi) is 3.01. The van der Waals surface area contributed by atoms with Crippen molar-refractivity contribution in [2.24, 2.45) is 0 Å². The summed E-state index contributed by atoms with van der Waals surface area (Å²) in [5.74, 6) is 0. The van der Waals surface area contributed by atoms with Crippen LogP contribution in [0.15, 0.2) is 11.6 Å². The maximum absolute atomic E-state index is 3.56. The highest BCUT2D eigenvalue weighted by molar-refractivity contribution is 5.04. The van der Waals surface area contributed by atoms with Gasteiger partial charge in [0.1, 0.15) is 0 Å². The summed E-state index contributed by atoms with van der Waals surface area (Å²) in [7, 11) is 0. The Morgan fingerprint density at radius 2 is 2.54 bits per heavy atom. The van der Waals surface area contributed by atoms with Gasteiger partial charge in [-0.15, -0.1) is 0 Å². The van der Waals surface area contributed by atoms with Crippen molar-refractivity contribution in [2.45, 2.75) is 32.2 Å². The normalized spacial score (nSPS) is 30.5. The summed E-state index contributed by atoms with van der Waals surface area (Å²) < 4.78 is 0. The van der Waals surface area contributed by atoms with Crippen molar-refractivity contribution < 1.29 is 0 Å². The molecule has 2 rings (SSSR count). The second-order valence-corrected chi connectivity index (χ2v) is 4.37. The lowest BCUT2D eigenvalue weighted by Crippen LogP contribution is -2.39. The van der Waals surface area contributed by atoms with E-state index in [9.17, 15) is 0 Å². The van der Waals surface area contributed by atoms with Gasteiger partial charge in [0.2, 0.25) is 0 Å². The van der Waals surface area contributed by atoms with Crippen molar-refractivity contribution in [3.63, 3.8) is 0 Å². The van der Waals surface area contributed by atoms with Crippen molar-refractivity contribution in [3.05, 3.63) is 11.6 Å². The number of nitrogens with zero attached hydrogens (tertiary/aromatic N) is 1. The van der Waals surface area contributed by atoms with Gasteiger partial charge in [-0.1, -0.05) is 11.6 Å². The Morgan fingerprint density at radius 1 is 1.62 bits per heavy atom. The molecule has 2 aliphatic rings. The first-order chi connectivity index (χ1) is 6.34. The van der Waals surface area contributed by atoms with Crippen LogP contribution in [-0.4, -0.2) is 37.1 Å². The molecule has 13 heavy (non-hydrogen) atoms. The average Bonchev–Trinajstić information content (AvgIpc) is 2.57. The number of nitrogens with one attached hydrogen (secondary N) is 1. The minimum atomic E-state index is 0.769. The third-order valence-corrected chi connectivity index (χ3v) is 3.05. The zero-order valence-corrected chi connectivity index (χ0v) is 8.55. The molecule has 2 heterocycles. The Morgan fingerprint density at radius 3 is 3.23 bits per heavy atom. The van der Waals surface area contributed by atoms with Gasteiger partial charge in [0.25, 0.3) is 0 Å². The monoisotopic (exact) mass is 180 g/mol. The smallest absolute Gasteiger partial charge is 0.0195 e. The molecule has 1 fully saturated rings. The lowest BCUT2D eigenvalue weighted by atomic mass is 10.1. The van der Waals surface area contributed by atoms with Crippen molar-refractivity contribution in [1.82, 2.24) is 10.2 Å². The molecular formula is C11H20N2. The first-order valence-corrected chi connectivity index (χ1v) is 5.46. The van der Waals surface area contributed by atoms with E-state index in [1.54, 1.807) is 5.57 Å². The third kappa shape index (κ3) is 2.55. The van der Waals surface area contributed by atoms with E-state index in [1.165, 1.54) is 45.4 Å². The van der Waals surface area contributed by atoms with Crippen LogP contribution in [0.3, 0.4) is 0 Å². The maximum Gasteiger partial charge on any atom is 0.0195 e. The minimum Gasteiger partial charge on any atom is -0.313 e. The van der Waals surface area contributed by atoms with Crippen molar-refractivity contribution >= 4 is 0 Å². The van der Waals surface area contributed by atoms with Gasteiger partial charge in [0.15, 0.2) is 0 Å². The van der Waals surface area contributed by atoms with Crippen LogP contribution < -0.4 is 5.32 Å². The largest absolute Gasteiger partial charge is 0.313 e. The Balaban J connectivity index is 1.78. The van der Waals surface area contributed by atoms with Gasteiger partial charge in [-0.2, -0.15) is 0 Å². The van der Waals surface area contributed by atoms with E-state index >= 15 is 0 Å². The van der Waals surface area contributed by atoms with Crippen LogP contribution in [0, 0.1) is 0 Å². The zero-order valence-electron chi connectivity index (χ0n) is 8.55. The van der Waals surface area contributed by atoms with Gasteiger partial charge in [-0.3, -0.25) is 4.90 Å². The topological polar surface area (TPSA) is 15.3 Å². The molecule has 0 amide bonds. The summed E-state index contributed by atoms with van der Waals surface area (Å²) in [4.78, 5) is 2.58. The first-order valence-electron chi connectivity index (χ1n) is 5.46. The standard InChI is InChI=1S/C11H20N2/c1-10-4-3-7-13(8-10)9-11-5-2-6-12-11/h4,11-12H,2-3,5-9H2,1H3/t11-/m1/s1. The molecule has 1 saturated heterocycles. The van der Waals surface area contributed by atoms with E-state index < -0.39 is 0 Å². The van der Waals surface area contributed by atoms with Crippen LogP contribution in [0.5, 0.6) is 0 Å². The number of rotatable bonds is 2. The molecule has 2 heteroatoms. The van der Waals surface area contributed by atoms with E-state index in [0.29, 0.717) is 0 Å². The van der Waals surface area contributed by atoms with Crippen molar-refractivity contribution in [1.29, 1.82) is 0 Å². The molecule has 0 aliphatic carbocycles. The molecule has 0 radical (unpaired) electrons. The summed E-state index contributed by atoms with van der Waals surface area (Å²) in [5, 5.41) is 3.56. The molecule has 0 spiro atoms. The van der Waals surface area contributed by atoms with E-state index in [4.69, 9.17) is 0 Å². The Bertz CT molecular complexity index is 192. The van der Waals surface area contributed by atoms with E-state index in [-0.39, 0.29) is 0 Å². The molecule has 1 N–H and O–H groups in total. The van der Waals surface area contributed by atoms with Gasteiger partial charge in [0, 0.05) is 25.7 Å². The Hall–Kier alpha value is -0.340. The first kappa shape index (κ1) is 9.22. The zero-order chi connectivity index (χ0) is 9.10. The van der Waals surface area contributed by atoms with Gasteiger partial charge in [-0.25, -0.2) is 0 Å². The van der Waals surface area contributed by atoms with E-state index in [0.717, 1.165) is 6.04 Å². The summed E-state index contributed by atoms with van der Waals surface area (Å²) in [6, 6.07) is 0.769. The third-order valence-electron chi connectivity index (χ3n) is 3.05. The summed E-state index contributed by atoms with van der Waals surface area (Å²) in [5.41, 5.74) is 1.55. The van der Waals surface area contributed by atoms with Crippen molar-refractivity contribution in [3.8, 4) is 0 Å². The van der Waals surface area contributed by atoms with Crippen LogP contribution in [-0.2, 0) is 0 Å². The van der Waals surface area contributed by atoms with Gasteiger partial charge < -0.3 is 5.32 Å². The molecule has 0 saturated carbocycles.